The first-order chi connectivity index (χ1) is 7.99. The Morgan fingerprint density at radius 2 is 2.12 bits per heavy atom. The summed E-state index contributed by atoms with van der Waals surface area (Å²) in [7, 11) is 0. The fourth-order valence-corrected chi connectivity index (χ4v) is 2.56. The van der Waals surface area contributed by atoms with Gasteiger partial charge in [-0.3, -0.25) is 0 Å². The number of nitrogen functional groups attached to an aromatic ring is 1. The van der Waals surface area contributed by atoms with Crippen molar-refractivity contribution < 1.29 is 9.90 Å². The van der Waals surface area contributed by atoms with E-state index >= 15 is 0 Å². The Labute approximate surface area is 111 Å². The number of carboxylic acids is 1. The van der Waals surface area contributed by atoms with E-state index in [2.05, 4.69) is 4.98 Å². The summed E-state index contributed by atoms with van der Waals surface area (Å²) in [6.45, 7) is 0. The molecule has 17 heavy (non-hydrogen) atoms. The number of carbonyl (C=O) groups is 1. The molecule has 7 heteroatoms. The van der Waals surface area contributed by atoms with Gasteiger partial charge in [0.05, 0.1) is 10.0 Å². The lowest BCUT2D eigenvalue weighted by atomic mass is 10.2. The summed E-state index contributed by atoms with van der Waals surface area (Å²) < 4.78 is 0. The van der Waals surface area contributed by atoms with Crippen LogP contribution in [0.3, 0.4) is 0 Å². The molecular formula is C10H6Cl2N2O2S. The number of hydrogen-bond donors (Lipinski definition) is 2. The molecule has 0 saturated carbocycles. The highest BCUT2D eigenvalue weighted by Gasteiger charge is 2.14. The van der Waals surface area contributed by atoms with Crippen molar-refractivity contribution in [1.29, 1.82) is 0 Å². The second-order valence-corrected chi connectivity index (χ2v) is 4.85. The van der Waals surface area contributed by atoms with E-state index in [0.29, 0.717) is 26.3 Å². The van der Waals surface area contributed by atoms with E-state index in [1.807, 2.05) is 0 Å². The largest absolute Gasteiger partial charge is 0.476 e. The fourth-order valence-electron chi connectivity index (χ4n) is 1.26. The molecule has 0 spiro atoms. The summed E-state index contributed by atoms with van der Waals surface area (Å²) in [5, 5.41) is 11.3. The first kappa shape index (κ1) is 12.2. The zero-order valence-electron chi connectivity index (χ0n) is 8.28. The minimum absolute atomic E-state index is 0.0281. The van der Waals surface area contributed by atoms with Crippen LogP contribution in [0.5, 0.6) is 0 Å². The van der Waals surface area contributed by atoms with Gasteiger partial charge < -0.3 is 10.8 Å². The quantitative estimate of drug-likeness (QED) is 0.831. The van der Waals surface area contributed by atoms with E-state index in [4.69, 9.17) is 34.0 Å². The van der Waals surface area contributed by atoms with Gasteiger partial charge in [0, 0.05) is 16.6 Å². The maximum atomic E-state index is 10.7. The van der Waals surface area contributed by atoms with Crippen molar-refractivity contribution in [1.82, 2.24) is 4.98 Å². The summed E-state index contributed by atoms with van der Waals surface area (Å²) >= 11 is 13.1. The lowest BCUT2D eigenvalue weighted by molar-refractivity contribution is 0.0691. The predicted molar refractivity (Wildman–Crippen MR) is 68.9 cm³/mol. The van der Waals surface area contributed by atoms with Gasteiger partial charge in [-0.25, -0.2) is 9.78 Å². The molecule has 2 aromatic rings. The van der Waals surface area contributed by atoms with E-state index in [1.54, 1.807) is 6.07 Å². The highest BCUT2D eigenvalue weighted by Crippen LogP contribution is 2.37. The molecule has 0 fully saturated rings. The molecule has 88 valence electrons. The van der Waals surface area contributed by atoms with E-state index < -0.39 is 5.97 Å². The lowest BCUT2D eigenvalue weighted by Gasteiger charge is -2.04. The summed E-state index contributed by atoms with van der Waals surface area (Å²) in [4.78, 5) is 14.7. The number of hydrogen-bond acceptors (Lipinski definition) is 4. The van der Waals surface area contributed by atoms with Crippen LogP contribution in [0.4, 0.5) is 5.69 Å². The van der Waals surface area contributed by atoms with Gasteiger partial charge >= 0.3 is 5.97 Å². The Morgan fingerprint density at radius 1 is 1.41 bits per heavy atom. The highest BCUT2D eigenvalue weighted by molar-refractivity contribution is 7.13. The van der Waals surface area contributed by atoms with Gasteiger partial charge in [-0.1, -0.05) is 23.2 Å². The molecule has 0 bridgehead atoms. The molecule has 0 unspecified atom stereocenters. The molecule has 1 heterocycles. The van der Waals surface area contributed by atoms with E-state index in [9.17, 15) is 4.79 Å². The minimum atomic E-state index is -1.08. The highest BCUT2D eigenvalue weighted by atomic mass is 35.5. The van der Waals surface area contributed by atoms with Gasteiger partial charge in [-0.05, 0) is 12.1 Å². The van der Waals surface area contributed by atoms with Gasteiger partial charge in [-0.15, -0.1) is 11.3 Å². The Bertz CT molecular complexity index is 598. The molecule has 1 aromatic carbocycles. The van der Waals surface area contributed by atoms with Gasteiger partial charge in [0.25, 0.3) is 0 Å². The maximum absolute atomic E-state index is 10.7. The third-order valence-electron chi connectivity index (χ3n) is 2.00. The number of rotatable bonds is 2. The number of aromatic carboxylic acids is 1. The Balaban J connectivity index is 2.56. The number of thiazole rings is 1. The molecule has 3 N–H and O–H groups in total. The number of nitrogens with two attached hydrogens (primary N) is 1. The second kappa shape index (κ2) is 4.52. The smallest absolute Gasteiger partial charge is 0.355 e. The second-order valence-electron chi connectivity index (χ2n) is 3.21. The number of anilines is 1. The molecule has 0 radical (unpaired) electrons. The first-order valence-corrected chi connectivity index (χ1v) is 6.06. The van der Waals surface area contributed by atoms with Crippen molar-refractivity contribution in [2.75, 3.05) is 5.73 Å². The standard InChI is InChI=1S/C10H6Cl2N2O2S/c11-6-2-4(13)1-5(8(6)12)9-14-7(3-17-9)10(15)16/h1-3H,13H2,(H,15,16). The molecule has 1 aromatic heterocycles. The SMILES string of the molecule is Nc1cc(Cl)c(Cl)c(-c2nc(C(=O)O)cs2)c1. The van der Waals surface area contributed by atoms with Crippen molar-refractivity contribution in [3.63, 3.8) is 0 Å². The Hall–Kier alpha value is -1.30. The van der Waals surface area contributed by atoms with Crippen molar-refractivity contribution in [3.05, 3.63) is 33.3 Å². The number of nitrogens with zero attached hydrogens (tertiary/aromatic N) is 1. The summed E-state index contributed by atoms with van der Waals surface area (Å²) in [5.74, 6) is -1.08. The molecular weight excluding hydrogens is 283 g/mol. The molecule has 0 amide bonds. The molecule has 2 rings (SSSR count). The fraction of sp³-hybridized carbons (Fsp3) is 0. The van der Waals surface area contributed by atoms with Gasteiger partial charge in [-0.2, -0.15) is 0 Å². The number of aromatic nitrogens is 1. The van der Waals surface area contributed by atoms with Gasteiger partial charge in [0.2, 0.25) is 0 Å². The van der Waals surface area contributed by atoms with Crippen LogP contribution in [0, 0.1) is 0 Å². The first-order valence-electron chi connectivity index (χ1n) is 4.42. The molecule has 4 nitrogen and oxygen atoms in total. The van der Waals surface area contributed by atoms with Gasteiger partial charge in [0.1, 0.15) is 5.01 Å². The number of benzene rings is 1. The summed E-state index contributed by atoms with van der Waals surface area (Å²) in [5.41, 5.74) is 6.60. The van der Waals surface area contributed by atoms with Crippen LogP contribution >= 0.6 is 34.5 Å². The Kier molecular flexibility index (Phi) is 3.24. The Morgan fingerprint density at radius 3 is 2.71 bits per heavy atom. The lowest BCUT2D eigenvalue weighted by Crippen LogP contribution is -1.96. The molecule has 0 aliphatic rings. The van der Waals surface area contributed by atoms with Gasteiger partial charge in [0.15, 0.2) is 5.69 Å². The van der Waals surface area contributed by atoms with Crippen LogP contribution < -0.4 is 5.73 Å². The van der Waals surface area contributed by atoms with Crippen molar-refractivity contribution in [2.45, 2.75) is 0 Å². The predicted octanol–water partition coefficient (Wildman–Crippen LogP) is 3.40. The van der Waals surface area contributed by atoms with Crippen molar-refractivity contribution in [2.24, 2.45) is 0 Å². The molecule has 0 aliphatic carbocycles. The average molecular weight is 289 g/mol. The number of carboxylic acid groups (broad SMARTS) is 1. The van der Waals surface area contributed by atoms with Crippen LogP contribution in [0.1, 0.15) is 10.5 Å². The number of halogens is 2. The van der Waals surface area contributed by atoms with Crippen LogP contribution in [0.2, 0.25) is 10.0 Å². The maximum Gasteiger partial charge on any atom is 0.355 e. The van der Waals surface area contributed by atoms with E-state index in [1.165, 1.54) is 22.8 Å². The molecule has 0 atom stereocenters. The van der Waals surface area contributed by atoms with Crippen LogP contribution in [0.15, 0.2) is 17.5 Å². The third-order valence-corrected chi connectivity index (χ3v) is 3.68. The summed E-state index contributed by atoms with van der Waals surface area (Å²) in [6.07, 6.45) is 0. The van der Waals surface area contributed by atoms with E-state index in [-0.39, 0.29) is 5.69 Å². The van der Waals surface area contributed by atoms with Crippen molar-refractivity contribution >= 4 is 46.2 Å². The molecule has 0 aliphatic heterocycles. The third kappa shape index (κ3) is 2.36. The normalized spacial score (nSPS) is 10.5. The topological polar surface area (TPSA) is 76.2 Å². The van der Waals surface area contributed by atoms with Crippen LogP contribution in [-0.2, 0) is 0 Å². The van der Waals surface area contributed by atoms with Crippen LogP contribution in [0.25, 0.3) is 10.6 Å². The summed E-state index contributed by atoms with van der Waals surface area (Å²) in [6, 6.07) is 3.14. The van der Waals surface area contributed by atoms with Crippen molar-refractivity contribution in [3.8, 4) is 10.6 Å². The van der Waals surface area contributed by atoms with E-state index in [0.717, 1.165) is 0 Å². The zero-order valence-corrected chi connectivity index (χ0v) is 10.6. The molecule has 0 saturated heterocycles. The minimum Gasteiger partial charge on any atom is -0.476 e. The zero-order chi connectivity index (χ0) is 12.6. The average Bonchev–Trinajstić information content (AvgIpc) is 2.72. The van der Waals surface area contributed by atoms with Crippen LogP contribution in [-0.4, -0.2) is 16.1 Å². The monoisotopic (exact) mass is 288 g/mol.